The molecule has 0 aliphatic carbocycles. The largest absolute Gasteiger partial charge is 0.497 e. The SMILES string of the molecule is COc1ccc(C2=CCN(CC(=O)Nc3cc(C)nn3C)CC2)cc1. The minimum absolute atomic E-state index is 0.00991. The first kappa shape index (κ1) is 17.2. The molecule has 0 bridgehead atoms. The zero-order valence-corrected chi connectivity index (χ0v) is 15.0. The number of benzene rings is 1. The van der Waals surface area contributed by atoms with Crippen molar-refractivity contribution in [2.24, 2.45) is 7.05 Å². The summed E-state index contributed by atoms with van der Waals surface area (Å²) in [5.74, 6) is 1.59. The van der Waals surface area contributed by atoms with Crippen molar-refractivity contribution < 1.29 is 9.53 Å². The van der Waals surface area contributed by atoms with Crippen molar-refractivity contribution in [3.63, 3.8) is 0 Å². The van der Waals surface area contributed by atoms with Gasteiger partial charge in [-0.3, -0.25) is 14.4 Å². The van der Waals surface area contributed by atoms with Crippen LogP contribution in [0.4, 0.5) is 5.82 Å². The van der Waals surface area contributed by atoms with E-state index in [2.05, 4.69) is 33.5 Å². The number of nitrogens with one attached hydrogen (secondary N) is 1. The molecule has 1 amide bonds. The zero-order chi connectivity index (χ0) is 17.8. The maximum Gasteiger partial charge on any atom is 0.239 e. The van der Waals surface area contributed by atoms with Gasteiger partial charge >= 0.3 is 0 Å². The minimum Gasteiger partial charge on any atom is -0.497 e. The quantitative estimate of drug-likeness (QED) is 0.908. The second-order valence-corrected chi connectivity index (χ2v) is 6.29. The average Bonchev–Trinajstić information content (AvgIpc) is 2.92. The summed E-state index contributed by atoms with van der Waals surface area (Å²) in [4.78, 5) is 14.4. The van der Waals surface area contributed by atoms with Gasteiger partial charge in [0.05, 0.1) is 19.3 Å². The van der Waals surface area contributed by atoms with Gasteiger partial charge in [0.15, 0.2) is 0 Å². The van der Waals surface area contributed by atoms with Crippen LogP contribution in [0.5, 0.6) is 5.75 Å². The van der Waals surface area contributed by atoms with Crippen molar-refractivity contribution in [1.82, 2.24) is 14.7 Å². The Morgan fingerprint density at radius 1 is 1.32 bits per heavy atom. The molecule has 0 spiro atoms. The molecule has 0 fully saturated rings. The van der Waals surface area contributed by atoms with Crippen LogP contribution >= 0.6 is 0 Å². The first-order valence-electron chi connectivity index (χ1n) is 8.41. The molecule has 3 rings (SSSR count). The van der Waals surface area contributed by atoms with Gasteiger partial charge in [-0.15, -0.1) is 0 Å². The van der Waals surface area contributed by atoms with Gasteiger partial charge in [0.2, 0.25) is 5.91 Å². The van der Waals surface area contributed by atoms with Gasteiger partial charge in [-0.05, 0) is 36.6 Å². The standard InChI is InChI=1S/C19H24N4O2/c1-14-12-18(22(2)21-14)20-19(24)13-23-10-8-16(9-11-23)15-4-6-17(25-3)7-5-15/h4-8,12H,9-11,13H2,1-3H3,(H,20,24). The fraction of sp³-hybridized carbons (Fsp3) is 0.368. The van der Waals surface area contributed by atoms with Crippen LogP contribution in [-0.2, 0) is 11.8 Å². The molecule has 25 heavy (non-hydrogen) atoms. The Morgan fingerprint density at radius 3 is 2.64 bits per heavy atom. The van der Waals surface area contributed by atoms with E-state index in [0.29, 0.717) is 6.54 Å². The Bertz CT molecular complexity index is 777. The highest BCUT2D eigenvalue weighted by Crippen LogP contribution is 2.24. The lowest BCUT2D eigenvalue weighted by Gasteiger charge is -2.25. The van der Waals surface area contributed by atoms with Gasteiger partial charge in [0.25, 0.3) is 0 Å². The number of ether oxygens (including phenoxy) is 1. The number of hydrogen-bond acceptors (Lipinski definition) is 4. The molecule has 6 nitrogen and oxygen atoms in total. The molecule has 0 unspecified atom stereocenters. The topological polar surface area (TPSA) is 59.4 Å². The van der Waals surface area contributed by atoms with Crippen molar-refractivity contribution in [3.8, 4) is 5.75 Å². The molecule has 0 saturated carbocycles. The number of amides is 1. The maximum atomic E-state index is 12.2. The fourth-order valence-electron chi connectivity index (χ4n) is 3.04. The Kier molecular flexibility index (Phi) is 5.19. The highest BCUT2D eigenvalue weighted by Gasteiger charge is 2.16. The monoisotopic (exact) mass is 340 g/mol. The Labute approximate surface area is 148 Å². The minimum atomic E-state index is -0.00991. The molecule has 2 aromatic rings. The molecule has 1 N–H and O–H groups in total. The smallest absolute Gasteiger partial charge is 0.239 e. The van der Waals surface area contributed by atoms with Crippen LogP contribution in [0.25, 0.3) is 5.57 Å². The molecule has 1 aromatic carbocycles. The van der Waals surface area contributed by atoms with E-state index in [4.69, 9.17) is 4.74 Å². The molecule has 1 aromatic heterocycles. The fourth-order valence-corrected chi connectivity index (χ4v) is 3.04. The summed E-state index contributed by atoms with van der Waals surface area (Å²) in [7, 11) is 3.50. The highest BCUT2D eigenvalue weighted by atomic mass is 16.5. The maximum absolute atomic E-state index is 12.2. The number of carbonyl (C=O) groups is 1. The van der Waals surface area contributed by atoms with Crippen molar-refractivity contribution in [3.05, 3.63) is 47.7 Å². The summed E-state index contributed by atoms with van der Waals surface area (Å²) in [6.07, 6.45) is 3.14. The molecule has 2 heterocycles. The lowest BCUT2D eigenvalue weighted by atomic mass is 9.99. The second-order valence-electron chi connectivity index (χ2n) is 6.29. The van der Waals surface area contributed by atoms with Crippen LogP contribution in [0.1, 0.15) is 17.7 Å². The number of anilines is 1. The first-order chi connectivity index (χ1) is 12.0. The van der Waals surface area contributed by atoms with Gasteiger partial charge < -0.3 is 10.1 Å². The van der Waals surface area contributed by atoms with E-state index >= 15 is 0 Å². The lowest BCUT2D eigenvalue weighted by Crippen LogP contribution is -2.36. The number of hydrogen-bond donors (Lipinski definition) is 1. The molecule has 0 atom stereocenters. The van der Waals surface area contributed by atoms with E-state index in [9.17, 15) is 4.79 Å². The third kappa shape index (κ3) is 4.28. The van der Waals surface area contributed by atoms with E-state index < -0.39 is 0 Å². The van der Waals surface area contributed by atoms with Crippen LogP contribution in [-0.4, -0.2) is 47.3 Å². The number of aryl methyl sites for hydroxylation is 2. The van der Waals surface area contributed by atoms with Gasteiger partial charge in [-0.1, -0.05) is 18.2 Å². The van der Waals surface area contributed by atoms with Gasteiger partial charge in [-0.25, -0.2) is 0 Å². The third-order valence-electron chi connectivity index (χ3n) is 4.39. The van der Waals surface area contributed by atoms with Crippen molar-refractivity contribution >= 4 is 17.3 Å². The van der Waals surface area contributed by atoms with Crippen LogP contribution < -0.4 is 10.1 Å². The van der Waals surface area contributed by atoms with Crippen LogP contribution in [0.3, 0.4) is 0 Å². The number of carbonyl (C=O) groups excluding carboxylic acids is 1. The molecular formula is C19H24N4O2. The average molecular weight is 340 g/mol. The first-order valence-corrected chi connectivity index (χ1v) is 8.41. The summed E-state index contributed by atoms with van der Waals surface area (Å²) in [6.45, 7) is 3.94. The predicted molar refractivity (Wildman–Crippen MR) is 98.6 cm³/mol. The van der Waals surface area contributed by atoms with E-state index in [-0.39, 0.29) is 5.91 Å². The zero-order valence-electron chi connectivity index (χ0n) is 15.0. The number of nitrogens with zero attached hydrogens (tertiary/aromatic N) is 3. The highest BCUT2D eigenvalue weighted by molar-refractivity contribution is 5.91. The van der Waals surface area contributed by atoms with Crippen LogP contribution in [0.2, 0.25) is 0 Å². The molecule has 6 heteroatoms. The molecule has 1 aliphatic rings. The Hall–Kier alpha value is -2.60. The molecule has 1 aliphatic heterocycles. The Morgan fingerprint density at radius 2 is 2.08 bits per heavy atom. The van der Waals surface area contributed by atoms with E-state index in [1.165, 1.54) is 11.1 Å². The van der Waals surface area contributed by atoms with Crippen LogP contribution in [0.15, 0.2) is 36.4 Å². The van der Waals surface area contributed by atoms with Crippen molar-refractivity contribution in [2.45, 2.75) is 13.3 Å². The summed E-state index contributed by atoms with van der Waals surface area (Å²) in [6, 6.07) is 9.99. The molecule has 0 radical (unpaired) electrons. The number of aromatic nitrogens is 2. The molecular weight excluding hydrogens is 316 g/mol. The van der Waals surface area contributed by atoms with E-state index in [1.54, 1.807) is 11.8 Å². The summed E-state index contributed by atoms with van der Waals surface area (Å²) < 4.78 is 6.88. The van der Waals surface area contributed by atoms with E-state index in [0.717, 1.165) is 36.8 Å². The van der Waals surface area contributed by atoms with Gasteiger partial charge in [0, 0.05) is 26.2 Å². The number of methoxy groups -OCH3 is 1. The normalized spacial score (nSPS) is 14.9. The Balaban J connectivity index is 1.55. The summed E-state index contributed by atoms with van der Waals surface area (Å²) in [5, 5.41) is 7.16. The summed E-state index contributed by atoms with van der Waals surface area (Å²) in [5.41, 5.74) is 3.43. The van der Waals surface area contributed by atoms with Crippen LogP contribution in [0, 0.1) is 6.92 Å². The van der Waals surface area contributed by atoms with Crippen molar-refractivity contribution in [1.29, 1.82) is 0 Å². The number of rotatable bonds is 5. The molecule has 0 saturated heterocycles. The lowest BCUT2D eigenvalue weighted by molar-refractivity contribution is -0.117. The third-order valence-corrected chi connectivity index (χ3v) is 4.39. The predicted octanol–water partition coefficient (Wildman–Crippen LogP) is 2.46. The van der Waals surface area contributed by atoms with Gasteiger partial charge in [0.1, 0.15) is 11.6 Å². The second kappa shape index (κ2) is 7.53. The van der Waals surface area contributed by atoms with Crippen molar-refractivity contribution in [2.75, 3.05) is 32.1 Å². The van der Waals surface area contributed by atoms with E-state index in [1.807, 2.05) is 32.2 Å². The van der Waals surface area contributed by atoms with Gasteiger partial charge in [-0.2, -0.15) is 5.10 Å². The summed E-state index contributed by atoms with van der Waals surface area (Å²) >= 11 is 0. The molecule has 132 valence electrons.